The molecule has 0 atom stereocenters. The van der Waals surface area contributed by atoms with Crippen molar-refractivity contribution in [2.45, 2.75) is 23.9 Å². The number of thioether (sulfide) groups is 1. The molecule has 0 aliphatic heterocycles. The zero-order valence-corrected chi connectivity index (χ0v) is 24.2. The SMILES string of the molecule is CCN(CC)S(=O)(=O)c1cccc(-c2nnc(SCC(=O)Nc3ccc(OC)cc3[N+](=O)[O-])n2-c2ccccc2)c1. The predicted molar refractivity (Wildman–Crippen MR) is 156 cm³/mol. The molecular weight excluding hydrogens is 568 g/mol. The lowest BCUT2D eigenvalue weighted by molar-refractivity contribution is -0.384. The van der Waals surface area contributed by atoms with Crippen LogP contribution in [-0.2, 0) is 14.8 Å². The molecule has 0 saturated carbocycles. The van der Waals surface area contributed by atoms with E-state index in [4.69, 9.17) is 4.74 Å². The standard InChI is InChI=1S/C27H28N6O6S2/c1-4-31(5-2)41(37,38)22-13-9-10-19(16-22)26-29-30-27(32(26)20-11-7-6-8-12-20)40-18-25(34)28-23-15-14-21(39-3)17-24(23)33(35)36/h6-17H,4-5,18H2,1-3H3,(H,28,34). The minimum atomic E-state index is -3.71. The van der Waals surface area contributed by atoms with Gasteiger partial charge in [-0.1, -0.05) is 55.9 Å². The average Bonchev–Trinajstić information content (AvgIpc) is 3.41. The summed E-state index contributed by atoms with van der Waals surface area (Å²) < 4.78 is 34.5. The molecule has 14 heteroatoms. The molecule has 0 fully saturated rings. The number of nitro benzene ring substituents is 1. The summed E-state index contributed by atoms with van der Waals surface area (Å²) >= 11 is 1.08. The third-order valence-corrected chi connectivity index (χ3v) is 9.07. The molecule has 12 nitrogen and oxygen atoms in total. The second kappa shape index (κ2) is 12.9. The number of hydrogen-bond acceptors (Lipinski definition) is 9. The van der Waals surface area contributed by atoms with Gasteiger partial charge in [-0.3, -0.25) is 19.5 Å². The molecule has 0 unspecified atom stereocenters. The van der Waals surface area contributed by atoms with Crippen LogP contribution < -0.4 is 10.1 Å². The van der Waals surface area contributed by atoms with E-state index in [-0.39, 0.29) is 22.0 Å². The molecule has 0 saturated heterocycles. The summed E-state index contributed by atoms with van der Waals surface area (Å²) in [6.45, 7) is 4.24. The zero-order chi connectivity index (χ0) is 29.6. The minimum Gasteiger partial charge on any atom is -0.496 e. The largest absolute Gasteiger partial charge is 0.496 e. The molecule has 0 aliphatic rings. The van der Waals surface area contributed by atoms with E-state index in [0.29, 0.717) is 41.1 Å². The molecule has 0 aliphatic carbocycles. The van der Waals surface area contributed by atoms with Gasteiger partial charge in [0.2, 0.25) is 15.9 Å². The van der Waals surface area contributed by atoms with Crippen LogP contribution in [0.5, 0.6) is 5.75 Å². The van der Waals surface area contributed by atoms with E-state index >= 15 is 0 Å². The molecule has 1 N–H and O–H groups in total. The van der Waals surface area contributed by atoms with Crippen molar-refractivity contribution in [1.82, 2.24) is 19.1 Å². The Morgan fingerprint density at radius 1 is 1.05 bits per heavy atom. The number of sulfonamides is 1. The fourth-order valence-corrected chi connectivity index (χ4v) is 6.34. The average molecular weight is 597 g/mol. The molecule has 3 aromatic carbocycles. The van der Waals surface area contributed by atoms with Crippen LogP contribution in [0.1, 0.15) is 13.8 Å². The number of hydrogen-bond donors (Lipinski definition) is 1. The molecule has 41 heavy (non-hydrogen) atoms. The number of carbonyl (C=O) groups excluding carboxylic acids is 1. The van der Waals surface area contributed by atoms with Crippen LogP contribution in [0.25, 0.3) is 17.1 Å². The molecular formula is C27H28N6O6S2. The molecule has 1 heterocycles. The fourth-order valence-electron chi connectivity index (χ4n) is 4.08. The summed E-state index contributed by atoms with van der Waals surface area (Å²) in [7, 11) is -2.31. The van der Waals surface area contributed by atoms with E-state index in [9.17, 15) is 23.3 Å². The summed E-state index contributed by atoms with van der Waals surface area (Å²) in [5.74, 6) is 0.0765. The van der Waals surface area contributed by atoms with Gasteiger partial charge in [0.25, 0.3) is 5.69 Å². The van der Waals surface area contributed by atoms with Crippen LogP contribution in [0.4, 0.5) is 11.4 Å². The van der Waals surface area contributed by atoms with Crippen LogP contribution in [0.2, 0.25) is 0 Å². The number of nitrogens with zero attached hydrogens (tertiary/aromatic N) is 5. The van der Waals surface area contributed by atoms with Crippen molar-refractivity contribution in [2.24, 2.45) is 0 Å². The Labute approximate surface area is 241 Å². The number of nitro groups is 1. The smallest absolute Gasteiger partial charge is 0.296 e. The first-order valence-electron chi connectivity index (χ1n) is 12.6. The van der Waals surface area contributed by atoms with Gasteiger partial charge in [0.1, 0.15) is 11.4 Å². The predicted octanol–water partition coefficient (Wildman–Crippen LogP) is 4.61. The van der Waals surface area contributed by atoms with Gasteiger partial charge < -0.3 is 10.1 Å². The first-order valence-corrected chi connectivity index (χ1v) is 15.0. The Bertz CT molecular complexity index is 1660. The van der Waals surface area contributed by atoms with Crippen LogP contribution in [-0.4, -0.2) is 64.3 Å². The van der Waals surface area contributed by atoms with Crippen LogP contribution in [0.15, 0.2) is 82.8 Å². The molecule has 0 bridgehead atoms. The molecule has 1 amide bonds. The van der Waals surface area contributed by atoms with Crippen LogP contribution in [0, 0.1) is 10.1 Å². The van der Waals surface area contributed by atoms with Gasteiger partial charge in [-0.15, -0.1) is 10.2 Å². The van der Waals surface area contributed by atoms with Gasteiger partial charge in [0, 0.05) is 24.3 Å². The fraction of sp³-hybridized carbons (Fsp3) is 0.222. The number of methoxy groups -OCH3 is 1. The van der Waals surface area contributed by atoms with E-state index < -0.39 is 20.9 Å². The van der Waals surface area contributed by atoms with Crippen molar-refractivity contribution in [3.05, 3.63) is 82.9 Å². The minimum absolute atomic E-state index is 0.0397. The Hall–Kier alpha value is -4.27. The lowest BCUT2D eigenvalue weighted by atomic mass is 10.2. The zero-order valence-electron chi connectivity index (χ0n) is 22.6. The lowest BCUT2D eigenvalue weighted by Crippen LogP contribution is -2.30. The van der Waals surface area contributed by atoms with E-state index in [1.807, 2.05) is 30.3 Å². The summed E-state index contributed by atoms with van der Waals surface area (Å²) in [4.78, 5) is 23.8. The molecule has 1 aromatic heterocycles. The molecule has 4 rings (SSSR count). The monoisotopic (exact) mass is 596 g/mol. The Morgan fingerprint density at radius 2 is 1.78 bits per heavy atom. The first-order chi connectivity index (χ1) is 19.7. The van der Waals surface area contributed by atoms with Crippen LogP contribution >= 0.6 is 11.8 Å². The Morgan fingerprint density at radius 3 is 2.44 bits per heavy atom. The van der Waals surface area contributed by atoms with E-state index in [1.165, 1.54) is 29.6 Å². The molecule has 4 aromatic rings. The highest BCUT2D eigenvalue weighted by molar-refractivity contribution is 7.99. The highest BCUT2D eigenvalue weighted by Crippen LogP contribution is 2.31. The summed E-state index contributed by atoms with van der Waals surface area (Å²) in [5.41, 5.74) is 0.979. The van der Waals surface area contributed by atoms with Crippen molar-refractivity contribution in [3.8, 4) is 22.8 Å². The van der Waals surface area contributed by atoms with Gasteiger partial charge in [0.05, 0.1) is 28.7 Å². The highest BCUT2D eigenvalue weighted by atomic mass is 32.2. The maximum absolute atomic E-state index is 13.2. The molecule has 214 valence electrons. The second-order valence-corrected chi connectivity index (χ2v) is 11.5. The number of benzene rings is 3. The van der Waals surface area contributed by atoms with Crippen molar-refractivity contribution in [3.63, 3.8) is 0 Å². The van der Waals surface area contributed by atoms with Gasteiger partial charge >= 0.3 is 0 Å². The second-order valence-electron chi connectivity index (χ2n) is 8.57. The normalized spacial score (nSPS) is 11.4. The molecule has 0 spiro atoms. The number of rotatable bonds is 12. The first kappa shape index (κ1) is 29.7. The maximum atomic E-state index is 13.2. The summed E-state index contributed by atoms with van der Waals surface area (Å²) in [5, 5.41) is 23.1. The van der Waals surface area contributed by atoms with Crippen molar-refractivity contribution >= 4 is 39.1 Å². The molecule has 0 radical (unpaired) electrons. The number of para-hydroxylation sites is 1. The maximum Gasteiger partial charge on any atom is 0.296 e. The number of anilines is 1. The Kier molecular flexibility index (Phi) is 9.37. The quantitative estimate of drug-likeness (QED) is 0.140. The van der Waals surface area contributed by atoms with Gasteiger partial charge in [0.15, 0.2) is 11.0 Å². The van der Waals surface area contributed by atoms with Gasteiger partial charge in [-0.2, -0.15) is 4.31 Å². The van der Waals surface area contributed by atoms with E-state index in [1.54, 1.807) is 42.7 Å². The van der Waals surface area contributed by atoms with E-state index in [0.717, 1.165) is 11.8 Å². The summed E-state index contributed by atoms with van der Waals surface area (Å²) in [6, 6.07) is 19.9. The Balaban J connectivity index is 1.64. The van der Waals surface area contributed by atoms with Gasteiger partial charge in [-0.25, -0.2) is 8.42 Å². The number of ether oxygens (including phenoxy) is 1. The van der Waals surface area contributed by atoms with Crippen molar-refractivity contribution in [2.75, 3.05) is 31.3 Å². The van der Waals surface area contributed by atoms with Crippen molar-refractivity contribution < 1.29 is 22.9 Å². The van der Waals surface area contributed by atoms with Crippen LogP contribution in [0.3, 0.4) is 0 Å². The highest BCUT2D eigenvalue weighted by Gasteiger charge is 2.24. The third kappa shape index (κ3) is 6.56. The number of aromatic nitrogens is 3. The lowest BCUT2D eigenvalue weighted by Gasteiger charge is -2.19. The van der Waals surface area contributed by atoms with Gasteiger partial charge in [-0.05, 0) is 36.4 Å². The summed E-state index contributed by atoms with van der Waals surface area (Å²) in [6.07, 6.45) is 0. The third-order valence-electron chi connectivity index (χ3n) is 6.09. The van der Waals surface area contributed by atoms with Crippen molar-refractivity contribution in [1.29, 1.82) is 0 Å². The number of carbonyl (C=O) groups is 1. The van der Waals surface area contributed by atoms with E-state index in [2.05, 4.69) is 15.5 Å². The number of nitrogens with one attached hydrogen (secondary N) is 1. The number of amides is 1. The topological polar surface area (TPSA) is 150 Å².